The fourth-order valence-electron chi connectivity index (χ4n) is 9.24. The van der Waals surface area contributed by atoms with Crippen molar-refractivity contribution in [1.82, 2.24) is 58.6 Å². The average Bonchev–Trinajstić information content (AvgIpc) is 4.14. The molecule has 0 aliphatic rings. The third-order valence-electron chi connectivity index (χ3n) is 12.3. The minimum atomic E-state index is 0.466. The number of rotatable bonds is 9. The van der Waals surface area contributed by atoms with Crippen LogP contribution in [0.3, 0.4) is 0 Å². The first kappa shape index (κ1) is 39.5. The number of para-hydroxylation sites is 6. The van der Waals surface area contributed by atoms with Crippen molar-refractivity contribution < 1.29 is 0 Å². The number of nitrogens with zero attached hydrogens (tertiary/aromatic N) is 12. The lowest BCUT2D eigenvalue weighted by atomic mass is 10.0. The lowest BCUT2D eigenvalue weighted by molar-refractivity contribution is 1.06. The molecule has 0 amide bonds. The molecule has 7 heterocycles. The zero-order valence-corrected chi connectivity index (χ0v) is 36.7. The van der Waals surface area contributed by atoms with Crippen LogP contribution in [0.15, 0.2) is 219 Å². The second-order valence-electron chi connectivity index (χ2n) is 16.3. The van der Waals surface area contributed by atoms with Gasteiger partial charge in [0.25, 0.3) is 0 Å². The summed E-state index contributed by atoms with van der Waals surface area (Å²) in [7, 11) is 0. The van der Waals surface area contributed by atoms with E-state index >= 15 is 0 Å². The average molecular weight is 889 g/mol. The van der Waals surface area contributed by atoms with E-state index < -0.39 is 0 Å². The van der Waals surface area contributed by atoms with Gasteiger partial charge in [-0.2, -0.15) is 0 Å². The fraction of sp³-hybridized carbons (Fsp3) is 0. The number of benzene rings is 6. The maximum atomic E-state index is 5.44. The van der Waals surface area contributed by atoms with Gasteiger partial charge < -0.3 is 0 Å². The Kier molecular flexibility index (Phi) is 9.49. The molecule has 324 valence electrons. The maximum absolute atomic E-state index is 5.44. The van der Waals surface area contributed by atoms with Crippen LogP contribution < -0.4 is 0 Å². The van der Waals surface area contributed by atoms with E-state index in [0.29, 0.717) is 17.5 Å². The summed E-state index contributed by atoms with van der Waals surface area (Å²) in [6, 6.07) is 60.9. The van der Waals surface area contributed by atoms with Gasteiger partial charge in [0.05, 0.1) is 50.2 Å². The summed E-state index contributed by atoms with van der Waals surface area (Å²) in [4.78, 5) is 45.1. The molecule has 0 radical (unpaired) electrons. The number of aromatic nitrogens is 12. The van der Waals surface area contributed by atoms with E-state index in [1.807, 2.05) is 127 Å². The normalized spacial score (nSPS) is 11.5. The van der Waals surface area contributed by atoms with Crippen LogP contribution in [0.4, 0.5) is 0 Å². The van der Waals surface area contributed by atoms with Gasteiger partial charge in [-0.3, -0.25) is 28.7 Å². The lowest BCUT2D eigenvalue weighted by Gasteiger charge is -2.16. The molecule has 7 aromatic heterocycles. The molecular weight excluding hydrogens is 853 g/mol. The zero-order chi connectivity index (χ0) is 45.7. The fourth-order valence-corrected chi connectivity index (χ4v) is 9.24. The summed E-state index contributed by atoms with van der Waals surface area (Å²) < 4.78 is 6.49. The van der Waals surface area contributed by atoms with E-state index in [2.05, 4.69) is 83.3 Å². The van der Waals surface area contributed by atoms with Gasteiger partial charge in [0.2, 0.25) is 0 Å². The van der Waals surface area contributed by atoms with Crippen LogP contribution in [0.1, 0.15) is 0 Å². The molecule has 0 bridgehead atoms. The molecule has 0 N–H and O–H groups in total. The quantitative estimate of drug-likeness (QED) is 0.139. The monoisotopic (exact) mass is 888 g/mol. The van der Waals surface area contributed by atoms with Crippen molar-refractivity contribution in [3.05, 3.63) is 219 Å². The summed E-state index contributed by atoms with van der Waals surface area (Å²) in [5.74, 6) is 3.61. The van der Waals surface area contributed by atoms with Gasteiger partial charge in [-0.15, -0.1) is 0 Å². The highest BCUT2D eigenvalue weighted by Gasteiger charge is 2.25. The van der Waals surface area contributed by atoms with E-state index in [9.17, 15) is 0 Å². The number of pyridine rings is 3. The van der Waals surface area contributed by atoms with Crippen LogP contribution in [0, 0.1) is 0 Å². The van der Waals surface area contributed by atoms with Gasteiger partial charge >= 0.3 is 0 Å². The third-order valence-corrected chi connectivity index (χ3v) is 12.3. The molecule has 0 saturated heterocycles. The lowest BCUT2D eigenvalue weighted by Crippen LogP contribution is -2.05. The molecule has 0 aliphatic carbocycles. The maximum Gasteiger partial charge on any atom is 0.164 e. The van der Waals surface area contributed by atoms with Crippen molar-refractivity contribution in [1.29, 1.82) is 0 Å². The molecule has 0 atom stereocenters. The topological polar surface area (TPSA) is 131 Å². The highest BCUT2D eigenvalue weighted by Crippen LogP contribution is 2.40. The number of hydrogen-bond acceptors (Lipinski definition) is 9. The van der Waals surface area contributed by atoms with Gasteiger partial charge in [0.1, 0.15) is 17.5 Å². The summed E-state index contributed by atoms with van der Waals surface area (Å²) in [5, 5.41) is 0. The van der Waals surface area contributed by atoms with Crippen molar-refractivity contribution in [2.24, 2.45) is 0 Å². The largest absolute Gasteiger partial charge is 0.292 e. The van der Waals surface area contributed by atoms with E-state index in [1.54, 1.807) is 37.2 Å². The highest BCUT2D eigenvalue weighted by molar-refractivity contribution is 5.92. The SMILES string of the molecule is c1ccc(-c2nc3ccccc3n2-c2ccncc2)c(-c2nc(-c3ccccc3-c3nc4ccccc4n3-c3ccncc3)nc(-c3ccccc3-c3nc4ccccc4n3-c3ccncc3)n2)c1. The predicted molar refractivity (Wildman–Crippen MR) is 270 cm³/mol. The molecular formula is C57H36N12. The van der Waals surface area contributed by atoms with Crippen molar-refractivity contribution >= 4 is 33.1 Å². The van der Waals surface area contributed by atoms with Gasteiger partial charge in [-0.1, -0.05) is 109 Å². The molecule has 13 aromatic rings. The van der Waals surface area contributed by atoms with Crippen LogP contribution >= 0.6 is 0 Å². The minimum absolute atomic E-state index is 0.466. The van der Waals surface area contributed by atoms with Gasteiger partial charge in [0.15, 0.2) is 17.5 Å². The van der Waals surface area contributed by atoms with E-state index in [1.165, 1.54) is 0 Å². The number of imidazole rings is 3. The molecule has 12 nitrogen and oxygen atoms in total. The van der Waals surface area contributed by atoms with E-state index in [-0.39, 0.29) is 0 Å². The Morgan fingerprint density at radius 2 is 0.478 bits per heavy atom. The van der Waals surface area contributed by atoms with E-state index in [0.717, 1.165) is 101 Å². The first-order chi connectivity index (χ1) is 34.2. The Balaban J connectivity index is 1.08. The Bertz CT molecular complexity index is 3600. The molecule has 13 rings (SSSR count). The van der Waals surface area contributed by atoms with Crippen LogP contribution in [0.5, 0.6) is 0 Å². The summed E-state index contributed by atoms with van der Waals surface area (Å²) in [6.45, 7) is 0. The van der Waals surface area contributed by atoms with Gasteiger partial charge in [-0.05, 0) is 72.8 Å². The van der Waals surface area contributed by atoms with Gasteiger partial charge in [-0.25, -0.2) is 29.9 Å². The summed E-state index contributed by atoms with van der Waals surface area (Å²) in [6.07, 6.45) is 10.8. The molecule has 0 aliphatic heterocycles. The Morgan fingerprint density at radius 1 is 0.232 bits per heavy atom. The van der Waals surface area contributed by atoms with Crippen LogP contribution in [0.2, 0.25) is 0 Å². The second kappa shape index (κ2) is 16.6. The molecule has 12 heteroatoms. The van der Waals surface area contributed by atoms with Crippen molar-refractivity contribution in [2.45, 2.75) is 0 Å². The smallest absolute Gasteiger partial charge is 0.164 e. The van der Waals surface area contributed by atoms with Crippen LogP contribution in [0.25, 0.3) is 118 Å². The number of fused-ring (bicyclic) bond motifs is 3. The van der Waals surface area contributed by atoms with Crippen molar-refractivity contribution in [3.8, 4) is 85.4 Å². The van der Waals surface area contributed by atoms with Crippen molar-refractivity contribution in [2.75, 3.05) is 0 Å². The van der Waals surface area contributed by atoms with Crippen molar-refractivity contribution in [3.63, 3.8) is 0 Å². The number of hydrogen-bond donors (Lipinski definition) is 0. The Labute approximate surface area is 394 Å². The first-order valence-corrected chi connectivity index (χ1v) is 22.4. The van der Waals surface area contributed by atoms with Gasteiger partial charge in [0, 0.05) is 70.6 Å². The second-order valence-corrected chi connectivity index (χ2v) is 16.3. The molecule has 0 fully saturated rings. The zero-order valence-electron chi connectivity index (χ0n) is 36.7. The molecule has 0 saturated carbocycles. The molecule has 69 heavy (non-hydrogen) atoms. The third kappa shape index (κ3) is 6.82. The predicted octanol–water partition coefficient (Wildman–Crippen LogP) is 12.1. The Morgan fingerprint density at radius 3 is 0.768 bits per heavy atom. The molecule has 0 spiro atoms. The highest BCUT2D eigenvalue weighted by atomic mass is 15.1. The first-order valence-electron chi connectivity index (χ1n) is 22.4. The van der Waals surface area contributed by atoms with Crippen LogP contribution in [-0.4, -0.2) is 58.6 Å². The van der Waals surface area contributed by atoms with Crippen LogP contribution in [-0.2, 0) is 0 Å². The molecule has 6 aromatic carbocycles. The summed E-state index contributed by atoms with van der Waals surface area (Å²) >= 11 is 0. The Hall–Kier alpha value is -9.81. The minimum Gasteiger partial charge on any atom is -0.292 e. The standard InChI is InChI=1S/C57H36N12/c1-4-16-43(55-61-46-19-7-10-22-49(46)67(55)37-25-31-58-32-26-37)40(13-1)52-64-53(41-14-2-5-17-44(41)56-62-47-20-8-11-23-50(47)68(56)38-27-33-59-34-28-38)66-54(65-52)42-15-3-6-18-45(42)57-63-48-21-9-12-24-51(48)69(57)39-29-35-60-36-30-39/h1-36H. The van der Waals surface area contributed by atoms with E-state index in [4.69, 9.17) is 29.9 Å². The summed E-state index contributed by atoms with van der Waals surface area (Å²) in [5.41, 5.74) is 13.1. The molecule has 0 unspecified atom stereocenters.